The van der Waals surface area contributed by atoms with Crippen LogP contribution in [0, 0.1) is 5.95 Å². The van der Waals surface area contributed by atoms with Gasteiger partial charge in [-0.05, 0) is 13.0 Å². The van der Waals surface area contributed by atoms with E-state index in [4.69, 9.17) is 0 Å². The Morgan fingerprint density at radius 3 is 3.21 bits per heavy atom. The van der Waals surface area contributed by atoms with E-state index in [1.54, 1.807) is 0 Å². The Morgan fingerprint density at radius 1 is 1.64 bits per heavy atom. The number of hydrogen-bond donors (Lipinski definition) is 0. The summed E-state index contributed by atoms with van der Waals surface area (Å²) in [5.41, 5.74) is 0.949. The van der Waals surface area contributed by atoms with E-state index in [1.807, 2.05) is 17.8 Å². The van der Waals surface area contributed by atoms with Crippen molar-refractivity contribution in [1.82, 2.24) is 4.98 Å². The van der Waals surface area contributed by atoms with Crippen molar-refractivity contribution in [1.29, 1.82) is 0 Å². The van der Waals surface area contributed by atoms with Gasteiger partial charge in [-0.15, -0.1) is 0 Å². The van der Waals surface area contributed by atoms with Gasteiger partial charge in [0.1, 0.15) is 0 Å². The summed E-state index contributed by atoms with van der Waals surface area (Å²) in [5, 5.41) is 0. The van der Waals surface area contributed by atoms with Gasteiger partial charge in [0.15, 0.2) is 0 Å². The Bertz CT molecular complexity index is 319. The van der Waals surface area contributed by atoms with Gasteiger partial charge in [0, 0.05) is 42.0 Å². The summed E-state index contributed by atoms with van der Waals surface area (Å²) < 4.78 is 12.9. The molecule has 0 aromatic carbocycles. The Labute approximate surface area is 87.5 Å². The molecule has 1 atom stereocenters. The van der Waals surface area contributed by atoms with Crippen LogP contribution in [0.3, 0.4) is 0 Å². The number of halogens is 1. The summed E-state index contributed by atoms with van der Waals surface area (Å²) in [6, 6.07) is 3.86. The number of hydrogen-bond acceptors (Lipinski definition) is 3. The fourth-order valence-electron chi connectivity index (χ4n) is 1.68. The molecule has 2 heterocycles. The van der Waals surface area contributed by atoms with Gasteiger partial charge < -0.3 is 4.90 Å². The summed E-state index contributed by atoms with van der Waals surface area (Å²) in [6.45, 7) is 3.17. The molecule has 0 amide bonds. The molecule has 0 N–H and O–H groups in total. The van der Waals surface area contributed by atoms with Crippen LogP contribution in [0.1, 0.15) is 6.92 Å². The number of anilines is 1. The van der Waals surface area contributed by atoms with Gasteiger partial charge in [-0.2, -0.15) is 16.2 Å². The topological polar surface area (TPSA) is 16.1 Å². The highest BCUT2D eigenvalue weighted by molar-refractivity contribution is 7.99. The van der Waals surface area contributed by atoms with Gasteiger partial charge in [0.05, 0.1) is 0 Å². The van der Waals surface area contributed by atoms with E-state index in [-0.39, 0.29) is 0 Å². The van der Waals surface area contributed by atoms with Crippen molar-refractivity contribution in [3.8, 4) is 0 Å². The highest BCUT2D eigenvalue weighted by Gasteiger charge is 2.18. The maximum atomic E-state index is 12.9. The number of aromatic nitrogens is 1. The minimum atomic E-state index is -0.395. The molecule has 76 valence electrons. The third-order valence-corrected chi connectivity index (χ3v) is 3.60. The summed E-state index contributed by atoms with van der Waals surface area (Å²) in [6.07, 6.45) is 1.53. The predicted octanol–water partition coefficient (Wildman–Crippen LogP) is 2.16. The fraction of sp³-hybridized carbons (Fsp3) is 0.500. The molecule has 0 radical (unpaired) electrons. The Kier molecular flexibility index (Phi) is 2.91. The van der Waals surface area contributed by atoms with Crippen LogP contribution >= 0.6 is 11.8 Å². The molecule has 0 bridgehead atoms. The first-order valence-electron chi connectivity index (χ1n) is 4.73. The van der Waals surface area contributed by atoms with E-state index < -0.39 is 5.95 Å². The summed E-state index contributed by atoms with van der Waals surface area (Å²) >= 11 is 1.95. The van der Waals surface area contributed by atoms with Crippen LogP contribution in [-0.4, -0.2) is 29.1 Å². The minimum Gasteiger partial charge on any atom is -0.367 e. The summed E-state index contributed by atoms with van der Waals surface area (Å²) in [4.78, 5) is 5.80. The second-order valence-electron chi connectivity index (χ2n) is 3.45. The van der Waals surface area contributed by atoms with E-state index in [2.05, 4.69) is 16.8 Å². The SMILES string of the molecule is CC1CSCCN1c1ccnc(F)c1. The number of thioether (sulfide) groups is 1. The average molecular weight is 212 g/mol. The van der Waals surface area contributed by atoms with E-state index >= 15 is 0 Å². The lowest BCUT2D eigenvalue weighted by molar-refractivity contribution is 0.581. The zero-order chi connectivity index (χ0) is 9.97. The first-order chi connectivity index (χ1) is 6.77. The van der Waals surface area contributed by atoms with Crippen LogP contribution in [0.15, 0.2) is 18.3 Å². The van der Waals surface area contributed by atoms with Gasteiger partial charge in [-0.25, -0.2) is 4.98 Å². The maximum absolute atomic E-state index is 12.9. The van der Waals surface area contributed by atoms with Crippen molar-refractivity contribution in [2.45, 2.75) is 13.0 Å². The van der Waals surface area contributed by atoms with E-state index in [9.17, 15) is 4.39 Å². The average Bonchev–Trinajstić information content (AvgIpc) is 2.18. The van der Waals surface area contributed by atoms with Crippen LogP contribution in [0.5, 0.6) is 0 Å². The Morgan fingerprint density at radius 2 is 2.50 bits per heavy atom. The number of pyridine rings is 1. The molecule has 1 saturated heterocycles. The molecular formula is C10H13FN2S. The Balaban J connectivity index is 2.20. The van der Waals surface area contributed by atoms with Crippen LogP contribution < -0.4 is 4.90 Å². The third kappa shape index (κ3) is 2.00. The molecule has 0 spiro atoms. The van der Waals surface area contributed by atoms with Crippen molar-refractivity contribution in [2.24, 2.45) is 0 Å². The molecule has 1 aromatic rings. The molecule has 1 aliphatic rings. The summed E-state index contributed by atoms with van der Waals surface area (Å²) in [7, 11) is 0. The lowest BCUT2D eigenvalue weighted by Crippen LogP contribution is -2.40. The van der Waals surface area contributed by atoms with Crippen molar-refractivity contribution >= 4 is 17.4 Å². The Hall–Kier alpha value is -0.770. The highest BCUT2D eigenvalue weighted by atomic mass is 32.2. The van der Waals surface area contributed by atoms with Crippen LogP contribution in [0.25, 0.3) is 0 Å². The monoisotopic (exact) mass is 212 g/mol. The predicted molar refractivity (Wildman–Crippen MR) is 58.3 cm³/mol. The second-order valence-corrected chi connectivity index (χ2v) is 4.60. The van der Waals surface area contributed by atoms with Crippen molar-refractivity contribution in [3.63, 3.8) is 0 Å². The largest absolute Gasteiger partial charge is 0.367 e. The van der Waals surface area contributed by atoms with Crippen molar-refractivity contribution in [3.05, 3.63) is 24.3 Å². The molecule has 2 nitrogen and oxygen atoms in total. The molecule has 4 heteroatoms. The smallest absolute Gasteiger partial charge is 0.214 e. The first kappa shape index (κ1) is 9.77. The lowest BCUT2D eigenvalue weighted by atomic mass is 10.2. The van der Waals surface area contributed by atoms with Crippen LogP contribution in [-0.2, 0) is 0 Å². The maximum Gasteiger partial charge on any atom is 0.214 e. The van der Waals surface area contributed by atoms with Gasteiger partial charge in [-0.3, -0.25) is 0 Å². The highest BCUT2D eigenvalue weighted by Crippen LogP contribution is 2.23. The molecule has 1 aromatic heterocycles. The van der Waals surface area contributed by atoms with E-state index in [0.717, 1.165) is 23.7 Å². The quantitative estimate of drug-likeness (QED) is 0.664. The van der Waals surface area contributed by atoms with E-state index in [1.165, 1.54) is 12.3 Å². The van der Waals surface area contributed by atoms with E-state index in [0.29, 0.717) is 6.04 Å². The fourth-order valence-corrected chi connectivity index (χ4v) is 2.70. The van der Waals surface area contributed by atoms with Crippen molar-refractivity contribution in [2.75, 3.05) is 23.0 Å². The van der Waals surface area contributed by atoms with Gasteiger partial charge >= 0.3 is 0 Å². The lowest BCUT2D eigenvalue weighted by Gasteiger charge is -2.34. The molecule has 14 heavy (non-hydrogen) atoms. The van der Waals surface area contributed by atoms with Gasteiger partial charge in [0.2, 0.25) is 5.95 Å². The zero-order valence-corrected chi connectivity index (χ0v) is 8.93. The van der Waals surface area contributed by atoms with Crippen LogP contribution in [0.4, 0.5) is 10.1 Å². The van der Waals surface area contributed by atoms with Crippen LogP contribution in [0.2, 0.25) is 0 Å². The minimum absolute atomic E-state index is 0.395. The molecular weight excluding hydrogens is 199 g/mol. The molecule has 0 saturated carbocycles. The molecule has 1 aliphatic heterocycles. The van der Waals surface area contributed by atoms with Gasteiger partial charge in [0.25, 0.3) is 0 Å². The molecule has 2 rings (SSSR count). The number of nitrogens with zero attached hydrogens (tertiary/aromatic N) is 2. The first-order valence-corrected chi connectivity index (χ1v) is 5.89. The summed E-state index contributed by atoms with van der Waals surface area (Å²) in [5.74, 6) is 1.84. The molecule has 0 aliphatic carbocycles. The molecule has 1 unspecified atom stereocenters. The van der Waals surface area contributed by atoms with Gasteiger partial charge in [-0.1, -0.05) is 0 Å². The zero-order valence-electron chi connectivity index (χ0n) is 8.11. The van der Waals surface area contributed by atoms with Crippen molar-refractivity contribution < 1.29 is 4.39 Å². The number of rotatable bonds is 1. The second kappa shape index (κ2) is 4.17. The standard InChI is InChI=1S/C10H13FN2S/c1-8-7-14-5-4-13(8)9-2-3-12-10(11)6-9/h2-3,6,8H,4-5,7H2,1H3. The normalized spacial score (nSPS) is 22.4. The molecule has 1 fully saturated rings. The third-order valence-electron chi connectivity index (χ3n) is 2.41.